The Morgan fingerprint density at radius 1 is 0.872 bits per heavy atom. The Kier molecular flexibility index (Phi) is 6.78. The van der Waals surface area contributed by atoms with E-state index in [-0.39, 0.29) is 41.9 Å². The van der Waals surface area contributed by atoms with Crippen LogP contribution < -0.4 is 0 Å². The zero-order valence-electron chi connectivity index (χ0n) is 22.1. The van der Waals surface area contributed by atoms with Crippen LogP contribution in [0.4, 0.5) is 0 Å². The molecule has 1 unspecified atom stereocenters. The van der Waals surface area contributed by atoms with Crippen LogP contribution in [0.5, 0.6) is 0 Å². The highest BCUT2D eigenvalue weighted by atomic mass is 16.5. The van der Waals surface area contributed by atoms with Gasteiger partial charge in [0, 0.05) is 33.4 Å². The summed E-state index contributed by atoms with van der Waals surface area (Å²) in [6, 6.07) is 12.9. The number of hydrogen-bond donors (Lipinski definition) is 0. The van der Waals surface area contributed by atoms with Crippen molar-refractivity contribution in [3.05, 3.63) is 117 Å². The Bertz CT molecular complexity index is 1650. The van der Waals surface area contributed by atoms with Crippen molar-refractivity contribution in [3.63, 3.8) is 0 Å². The largest absolute Gasteiger partial charge is 0.483 e. The second-order valence-electron chi connectivity index (χ2n) is 9.89. The second kappa shape index (κ2) is 10.2. The molecule has 196 valence electrons. The lowest BCUT2D eigenvalue weighted by atomic mass is 9.82. The van der Waals surface area contributed by atoms with E-state index in [1.54, 1.807) is 68.6 Å². The normalized spacial score (nSPS) is 15.8. The number of Topliss-reactive ketones (excluding diaryl/α,β-unsaturated/α-hetero) is 4. The molecule has 39 heavy (non-hydrogen) atoms. The number of rotatable bonds is 7. The lowest BCUT2D eigenvalue weighted by Crippen LogP contribution is -2.26. The van der Waals surface area contributed by atoms with E-state index in [1.807, 2.05) is 19.9 Å². The Morgan fingerprint density at radius 3 is 2.05 bits per heavy atom. The zero-order chi connectivity index (χ0) is 27.8. The lowest BCUT2D eigenvalue weighted by Gasteiger charge is -2.23. The maximum absolute atomic E-state index is 13.3. The van der Waals surface area contributed by atoms with Crippen LogP contribution in [-0.4, -0.2) is 38.1 Å². The lowest BCUT2D eigenvalue weighted by molar-refractivity contribution is 0.0853. The van der Waals surface area contributed by atoms with Crippen molar-refractivity contribution >= 4 is 23.1 Å². The van der Waals surface area contributed by atoms with E-state index in [9.17, 15) is 19.2 Å². The standard InChI is InChI=1S/C31H27N3O5/c1-17(2)13-14-25-28(36)22-10-6-8-12-24(22)30(38)31(25)39-16-20-15-34(33-32-20)19(4)26-18(3)27(35)21-9-5-7-11-23(21)29(26)37/h5-13,15,19H,14,16H2,1-4H3. The van der Waals surface area contributed by atoms with E-state index >= 15 is 0 Å². The van der Waals surface area contributed by atoms with E-state index in [1.165, 1.54) is 4.68 Å². The molecule has 1 heterocycles. The molecule has 5 rings (SSSR count). The number of fused-ring (bicyclic) bond motifs is 2. The minimum absolute atomic E-state index is 0.00186. The number of hydrogen-bond acceptors (Lipinski definition) is 7. The second-order valence-corrected chi connectivity index (χ2v) is 9.89. The molecular formula is C31H27N3O5. The summed E-state index contributed by atoms with van der Waals surface area (Å²) in [5.74, 6) is -0.996. The van der Waals surface area contributed by atoms with Gasteiger partial charge in [-0.05, 0) is 34.1 Å². The molecule has 2 aliphatic rings. The predicted molar refractivity (Wildman–Crippen MR) is 144 cm³/mol. The van der Waals surface area contributed by atoms with Gasteiger partial charge in [0.2, 0.25) is 5.78 Å². The van der Waals surface area contributed by atoms with Gasteiger partial charge in [-0.3, -0.25) is 19.2 Å². The Morgan fingerprint density at radius 2 is 1.44 bits per heavy atom. The highest BCUT2D eigenvalue weighted by Gasteiger charge is 2.35. The first-order valence-electron chi connectivity index (χ1n) is 12.7. The highest BCUT2D eigenvalue weighted by Crippen LogP contribution is 2.33. The topological polar surface area (TPSA) is 108 Å². The molecule has 0 saturated carbocycles. The quantitative estimate of drug-likeness (QED) is 0.381. The van der Waals surface area contributed by atoms with Crippen LogP contribution in [0.15, 0.2) is 88.9 Å². The number of carbonyl (C=O) groups excluding carboxylic acids is 4. The molecule has 3 aromatic rings. The van der Waals surface area contributed by atoms with Crippen LogP contribution >= 0.6 is 0 Å². The fraction of sp³-hybridized carbons (Fsp3) is 0.226. The van der Waals surface area contributed by atoms with Crippen molar-refractivity contribution in [2.45, 2.75) is 46.8 Å². The molecule has 0 bridgehead atoms. The molecule has 0 N–H and O–H groups in total. The van der Waals surface area contributed by atoms with Crippen LogP contribution in [0.2, 0.25) is 0 Å². The Labute approximate surface area is 225 Å². The van der Waals surface area contributed by atoms with Crippen LogP contribution in [0.25, 0.3) is 0 Å². The molecule has 2 aliphatic carbocycles. The summed E-state index contributed by atoms with van der Waals surface area (Å²) >= 11 is 0. The Hall–Kier alpha value is -4.72. The molecular weight excluding hydrogens is 494 g/mol. The monoisotopic (exact) mass is 521 g/mol. The van der Waals surface area contributed by atoms with E-state index in [2.05, 4.69) is 10.3 Å². The van der Waals surface area contributed by atoms with Gasteiger partial charge in [-0.2, -0.15) is 0 Å². The van der Waals surface area contributed by atoms with Crippen molar-refractivity contribution < 1.29 is 23.9 Å². The number of nitrogens with zero attached hydrogens (tertiary/aromatic N) is 3. The third-order valence-corrected chi connectivity index (χ3v) is 7.03. The zero-order valence-corrected chi connectivity index (χ0v) is 22.1. The van der Waals surface area contributed by atoms with Gasteiger partial charge in [-0.1, -0.05) is 65.4 Å². The molecule has 0 amide bonds. The summed E-state index contributed by atoms with van der Waals surface area (Å²) in [7, 11) is 0. The molecule has 1 atom stereocenters. The number of benzene rings is 2. The number of allylic oxidation sites excluding steroid dienone is 6. The van der Waals surface area contributed by atoms with Gasteiger partial charge in [0.25, 0.3) is 0 Å². The average Bonchev–Trinajstić information content (AvgIpc) is 3.41. The van der Waals surface area contributed by atoms with Crippen LogP contribution in [0.3, 0.4) is 0 Å². The average molecular weight is 522 g/mol. The first-order chi connectivity index (χ1) is 18.7. The number of carbonyl (C=O) groups is 4. The van der Waals surface area contributed by atoms with Crippen molar-refractivity contribution in [1.29, 1.82) is 0 Å². The van der Waals surface area contributed by atoms with Crippen LogP contribution in [0.1, 0.15) is 87.3 Å². The van der Waals surface area contributed by atoms with Gasteiger partial charge in [-0.25, -0.2) is 4.68 Å². The summed E-state index contributed by atoms with van der Waals surface area (Å²) in [4.78, 5) is 52.7. The molecule has 0 radical (unpaired) electrons. The van der Waals surface area contributed by atoms with E-state index in [4.69, 9.17) is 4.74 Å². The van der Waals surface area contributed by atoms with Crippen LogP contribution in [0, 0.1) is 0 Å². The van der Waals surface area contributed by atoms with Gasteiger partial charge in [0.15, 0.2) is 23.1 Å². The summed E-state index contributed by atoms with van der Waals surface area (Å²) in [6.07, 6.45) is 3.76. The summed E-state index contributed by atoms with van der Waals surface area (Å²) in [5, 5.41) is 8.32. The van der Waals surface area contributed by atoms with Gasteiger partial charge >= 0.3 is 0 Å². The summed E-state index contributed by atoms with van der Waals surface area (Å²) in [5.41, 5.74) is 3.88. The van der Waals surface area contributed by atoms with Gasteiger partial charge in [-0.15, -0.1) is 5.10 Å². The minimum Gasteiger partial charge on any atom is -0.483 e. The highest BCUT2D eigenvalue weighted by molar-refractivity contribution is 6.27. The molecule has 0 saturated heterocycles. The van der Waals surface area contributed by atoms with Crippen molar-refractivity contribution in [2.75, 3.05) is 0 Å². The molecule has 2 aromatic carbocycles. The fourth-order valence-electron chi connectivity index (χ4n) is 4.92. The predicted octanol–water partition coefficient (Wildman–Crippen LogP) is 5.44. The first-order valence-corrected chi connectivity index (χ1v) is 12.7. The van der Waals surface area contributed by atoms with Crippen molar-refractivity contribution in [1.82, 2.24) is 15.0 Å². The first kappa shape index (κ1) is 25.9. The smallest absolute Gasteiger partial charge is 0.228 e. The Balaban J connectivity index is 1.40. The summed E-state index contributed by atoms with van der Waals surface area (Å²) in [6.45, 7) is 7.16. The van der Waals surface area contributed by atoms with E-state index in [0.717, 1.165) is 5.57 Å². The number of ketones is 4. The third kappa shape index (κ3) is 4.58. The number of ether oxygens (including phenoxy) is 1. The van der Waals surface area contributed by atoms with Crippen molar-refractivity contribution in [3.8, 4) is 0 Å². The SMILES string of the molecule is CC(C)=CCC1=C(OCc2cn(C(C)C3=C(C)C(=O)c4ccccc4C3=O)nn2)C(=O)c2ccccc2C1=O. The maximum Gasteiger partial charge on any atom is 0.228 e. The maximum atomic E-state index is 13.3. The molecule has 1 aromatic heterocycles. The molecule has 0 spiro atoms. The van der Waals surface area contributed by atoms with Gasteiger partial charge in [0.1, 0.15) is 12.3 Å². The molecule has 0 aliphatic heterocycles. The van der Waals surface area contributed by atoms with Gasteiger partial charge in [0.05, 0.1) is 17.8 Å². The molecule has 8 nitrogen and oxygen atoms in total. The van der Waals surface area contributed by atoms with Gasteiger partial charge < -0.3 is 4.74 Å². The minimum atomic E-state index is -0.562. The molecule has 8 heteroatoms. The molecule has 0 fully saturated rings. The fourth-order valence-corrected chi connectivity index (χ4v) is 4.92. The van der Waals surface area contributed by atoms with Crippen molar-refractivity contribution in [2.24, 2.45) is 0 Å². The van der Waals surface area contributed by atoms with E-state index in [0.29, 0.717) is 44.7 Å². The van der Waals surface area contributed by atoms with E-state index < -0.39 is 6.04 Å². The summed E-state index contributed by atoms with van der Waals surface area (Å²) < 4.78 is 7.43. The third-order valence-electron chi connectivity index (χ3n) is 7.03. The number of aromatic nitrogens is 3. The van der Waals surface area contributed by atoms with Crippen LogP contribution in [-0.2, 0) is 11.3 Å².